The summed E-state index contributed by atoms with van der Waals surface area (Å²) in [6.45, 7) is 6.21. The molecule has 3 rings (SSSR count). The molecular weight excluding hydrogens is 300 g/mol. The molecule has 1 atom stereocenters. The lowest BCUT2D eigenvalue weighted by Gasteiger charge is -2.40. The zero-order valence-electron chi connectivity index (χ0n) is 14.9. The zero-order chi connectivity index (χ0) is 16.9. The Kier molecular flexibility index (Phi) is 5.72. The van der Waals surface area contributed by atoms with Crippen molar-refractivity contribution in [2.75, 3.05) is 38.5 Å². The molecule has 1 amide bonds. The van der Waals surface area contributed by atoms with Gasteiger partial charge in [0.05, 0.1) is 0 Å². The number of nitrogens with one attached hydrogen (secondary N) is 1. The smallest absolute Gasteiger partial charge is 0.244 e. The Morgan fingerprint density at radius 3 is 2.33 bits per heavy atom. The Balaban J connectivity index is 1.46. The van der Waals surface area contributed by atoms with Crippen molar-refractivity contribution in [2.24, 2.45) is 11.8 Å². The lowest BCUT2D eigenvalue weighted by atomic mass is 9.79. The SMILES string of the molecule is C[C@@H](Nc1ccccn1)C(=O)N1CCC(C2CCN(C)CC2)CC1. The van der Waals surface area contributed by atoms with Crippen LogP contribution >= 0.6 is 0 Å². The average Bonchev–Trinajstić information content (AvgIpc) is 2.63. The fraction of sp³-hybridized carbons (Fsp3) is 0.684. The first kappa shape index (κ1) is 17.2. The van der Waals surface area contributed by atoms with Gasteiger partial charge in [0.1, 0.15) is 11.9 Å². The average molecular weight is 330 g/mol. The first-order valence-corrected chi connectivity index (χ1v) is 9.28. The molecule has 1 N–H and O–H groups in total. The molecule has 0 radical (unpaired) electrons. The van der Waals surface area contributed by atoms with Crippen LogP contribution in [-0.4, -0.2) is 60.0 Å². The minimum Gasteiger partial charge on any atom is -0.359 e. The van der Waals surface area contributed by atoms with E-state index in [4.69, 9.17) is 0 Å². The number of carbonyl (C=O) groups excluding carboxylic acids is 1. The molecule has 5 nitrogen and oxygen atoms in total. The molecule has 2 aliphatic heterocycles. The quantitative estimate of drug-likeness (QED) is 0.921. The third-order valence-corrected chi connectivity index (χ3v) is 5.68. The monoisotopic (exact) mass is 330 g/mol. The van der Waals surface area contributed by atoms with Crippen LogP contribution in [0.25, 0.3) is 0 Å². The van der Waals surface area contributed by atoms with Gasteiger partial charge in [0.25, 0.3) is 0 Å². The maximum absolute atomic E-state index is 12.7. The van der Waals surface area contributed by atoms with Gasteiger partial charge in [0.15, 0.2) is 0 Å². The van der Waals surface area contributed by atoms with Crippen LogP contribution in [0, 0.1) is 11.8 Å². The summed E-state index contributed by atoms with van der Waals surface area (Å²) < 4.78 is 0. The Morgan fingerprint density at radius 2 is 1.75 bits per heavy atom. The molecule has 132 valence electrons. The van der Waals surface area contributed by atoms with Gasteiger partial charge >= 0.3 is 0 Å². The van der Waals surface area contributed by atoms with E-state index >= 15 is 0 Å². The predicted molar refractivity (Wildman–Crippen MR) is 96.8 cm³/mol. The van der Waals surface area contributed by atoms with E-state index in [0.29, 0.717) is 0 Å². The van der Waals surface area contributed by atoms with E-state index in [-0.39, 0.29) is 11.9 Å². The molecule has 24 heavy (non-hydrogen) atoms. The van der Waals surface area contributed by atoms with Crippen molar-refractivity contribution in [1.29, 1.82) is 0 Å². The van der Waals surface area contributed by atoms with Gasteiger partial charge in [-0.2, -0.15) is 0 Å². The number of pyridine rings is 1. The van der Waals surface area contributed by atoms with Gasteiger partial charge in [-0.3, -0.25) is 4.79 Å². The van der Waals surface area contributed by atoms with E-state index in [0.717, 1.165) is 43.6 Å². The zero-order valence-corrected chi connectivity index (χ0v) is 14.9. The van der Waals surface area contributed by atoms with Crippen molar-refractivity contribution in [3.63, 3.8) is 0 Å². The van der Waals surface area contributed by atoms with E-state index in [1.54, 1.807) is 6.20 Å². The number of aromatic nitrogens is 1. The summed E-state index contributed by atoms with van der Waals surface area (Å²) in [7, 11) is 2.22. The normalized spacial score (nSPS) is 22.3. The molecule has 0 unspecified atom stereocenters. The van der Waals surface area contributed by atoms with Gasteiger partial charge in [-0.1, -0.05) is 6.07 Å². The van der Waals surface area contributed by atoms with E-state index in [9.17, 15) is 4.79 Å². The van der Waals surface area contributed by atoms with Crippen LogP contribution in [-0.2, 0) is 4.79 Å². The van der Waals surface area contributed by atoms with Gasteiger partial charge in [-0.25, -0.2) is 4.98 Å². The number of nitrogens with zero attached hydrogens (tertiary/aromatic N) is 3. The van der Waals surface area contributed by atoms with Crippen molar-refractivity contribution in [1.82, 2.24) is 14.8 Å². The molecule has 0 spiro atoms. The van der Waals surface area contributed by atoms with Crippen LogP contribution in [0.15, 0.2) is 24.4 Å². The minimum atomic E-state index is -0.222. The minimum absolute atomic E-state index is 0.197. The summed E-state index contributed by atoms with van der Waals surface area (Å²) in [5.41, 5.74) is 0. The number of amides is 1. The molecule has 5 heteroatoms. The van der Waals surface area contributed by atoms with E-state index < -0.39 is 0 Å². The first-order valence-electron chi connectivity index (χ1n) is 9.28. The second-order valence-electron chi connectivity index (χ2n) is 7.38. The maximum atomic E-state index is 12.7. The van der Waals surface area contributed by atoms with Crippen LogP contribution in [0.5, 0.6) is 0 Å². The lowest BCUT2D eigenvalue weighted by molar-refractivity contribution is -0.133. The van der Waals surface area contributed by atoms with Crippen LogP contribution in [0.1, 0.15) is 32.6 Å². The van der Waals surface area contributed by atoms with Gasteiger partial charge in [-0.05, 0) is 76.7 Å². The maximum Gasteiger partial charge on any atom is 0.244 e. The number of anilines is 1. The van der Waals surface area contributed by atoms with Crippen molar-refractivity contribution in [3.8, 4) is 0 Å². The van der Waals surface area contributed by atoms with Crippen LogP contribution in [0.2, 0.25) is 0 Å². The number of carbonyl (C=O) groups is 1. The predicted octanol–water partition coefficient (Wildman–Crippen LogP) is 2.46. The van der Waals surface area contributed by atoms with E-state index in [1.807, 2.05) is 30.0 Å². The largest absolute Gasteiger partial charge is 0.359 e. The van der Waals surface area contributed by atoms with Gasteiger partial charge in [0.2, 0.25) is 5.91 Å². The van der Waals surface area contributed by atoms with E-state index in [2.05, 4.69) is 22.2 Å². The third kappa shape index (κ3) is 4.26. The molecule has 1 aromatic rings. The molecule has 2 fully saturated rings. The van der Waals surface area contributed by atoms with Crippen molar-refractivity contribution in [3.05, 3.63) is 24.4 Å². The summed E-state index contributed by atoms with van der Waals surface area (Å²) in [5.74, 6) is 2.63. The topological polar surface area (TPSA) is 48.5 Å². The molecule has 2 saturated heterocycles. The van der Waals surface area contributed by atoms with Crippen molar-refractivity contribution in [2.45, 2.75) is 38.6 Å². The van der Waals surface area contributed by atoms with Gasteiger partial charge < -0.3 is 15.1 Å². The molecule has 2 aliphatic rings. The van der Waals surface area contributed by atoms with Gasteiger partial charge in [-0.15, -0.1) is 0 Å². The molecule has 0 aromatic carbocycles. The van der Waals surface area contributed by atoms with Crippen molar-refractivity contribution >= 4 is 11.7 Å². The highest BCUT2D eigenvalue weighted by Crippen LogP contribution is 2.32. The summed E-state index contributed by atoms with van der Waals surface area (Å²) in [4.78, 5) is 21.4. The number of hydrogen-bond acceptors (Lipinski definition) is 4. The highest BCUT2D eigenvalue weighted by atomic mass is 16.2. The Morgan fingerprint density at radius 1 is 1.12 bits per heavy atom. The summed E-state index contributed by atoms with van der Waals surface area (Å²) >= 11 is 0. The summed E-state index contributed by atoms with van der Waals surface area (Å²) in [6.07, 6.45) is 6.72. The van der Waals surface area contributed by atoms with E-state index in [1.165, 1.54) is 25.9 Å². The summed E-state index contributed by atoms with van der Waals surface area (Å²) in [5, 5.41) is 3.21. The number of likely N-dealkylation sites (tertiary alicyclic amines) is 2. The molecule has 0 bridgehead atoms. The van der Waals surface area contributed by atoms with Crippen molar-refractivity contribution < 1.29 is 4.79 Å². The third-order valence-electron chi connectivity index (χ3n) is 5.68. The lowest BCUT2D eigenvalue weighted by Crippen LogP contribution is -2.47. The molecule has 0 aliphatic carbocycles. The molecule has 1 aromatic heterocycles. The Bertz CT molecular complexity index is 519. The highest BCUT2D eigenvalue weighted by Gasteiger charge is 2.31. The number of piperidine rings is 2. The molecule has 0 saturated carbocycles. The Labute approximate surface area is 145 Å². The van der Waals surface area contributed by atoms with Crippen LogP contribution in [0.3, 0.4) is 0 Å². The fourth-order valence-corrected chi connectivity index (χ4v) is 4.10. The highest BCUT2D eigenvalue weighted by molar-refractivity contribution is 5.84. The fourth-order valence-electron chi connectivity index (χ4n) is 4.10. The second kappa shape index (κ2) is 7.97. The number of hydrogen-bond donors (Lipinski definition) is 1. The van der Waals surface area contributed by atoms with Crippen LogP contribution < -0.4 is 5.32 Å². The summed E-state index contributed by atoms with van der Waals surface area (Å²) in [6, 6.07) is 5.49. The standard InChI is InChI=1S/C19H30N4O/c1-15(21-18-5-3-4-10-20-18)19(24)23-13-8-17(9-14-23)16-6-11-22(2)12-7-16/h3-5,10,15-17H,6-9,11-14H2,1-2H3,(H,20,21)/t15-/m1/s1. The molecule has 3 heterocycles. The Hall–Kier alpha value is -1.62. The second-order valence-corrected chi connectivity index (χ2v) is 7.38. The van der Waals surface area contributed by atoms with Crippen LogP contribution in [0.4, 0.5) is 5.82 Å². The number of rotatable bonds is 4. The first-order chi connectivity index (χ1) is 11.6. The molecular formula is C19H30N4O. The van der Waals surface area contributed by atoms with Gasteiger partial charge in [0, 0.05) is 19.3 Å².